The van der Waals surface area contributed by atoms with Gasteiger partial charge in [-0.15, -0.1) is 0 Å². The summed E-state index contributed by atoms with van der Waals surface area (Å²) in [7, 11) is 1.75. The number of benzene rings is 1. The van der Waals surface area contributed by atoms with Gasteiger partial charge < -0.3 is 10.6 Å². The first-order valence-corrected chi connectivity index (χ1v) is 6.10. The highest BCUT2D eigenvalue weighted by atomic mass is 16.1. The van der Waals surface area contributed by atoms with Crippen LogP contribution in [0.1, 0.15) is 11.1 Å². The third-order valence-corrected chi connectivity index (χ3v) is 2.73. The number of carbonyl (C=O) groups is 1. The van der Waals surface area contributed by atoms with Gasteiger partial charge in [-0.05, 0) is 18.2 Å². The SMILES string of the molecule is CNCC(=O)NCc1ccccc1Cn1cncn1. The molecule has 1 aromatic carbocycles. The first kappa shape index (κ1) is 13.2. The van der Waals surface area contributed by atoms with Gasteiger partial charge >= 0.3 is 0 Å². The molecule has 0 radical (unpaired) electrons. The number of nitrogens with one attached hydrogen (secondary N) is 2. The average molecular weight is 259 g/mol. The molecule has 2 aromatic rings. The van der Waals surface area contributed by atoms with E-state index in [4.69, 9.17) is 0 Å². The lowest BCUT2D eigenvalue weighted by atomic mass is 10.1. The van der Waals surface area contributed by atoms with Crippen LogP contribution >= 0.6 is 0 Å². The minimum atomic E-state index is -0.0157. The normalized spacial score (nSPS) is 10.4. The second kappa shape index (κ2) is 6.65. The molecular weight excluding hydrogens is 242 g/mol. The number of nitrogens with zero attached hydrogens (tertiary/aromatic N) is 3. The molecule has 0 unspecified atom stereocenters. The molecule has 100 valence electrons. The standard InChI is InChI=1S/C13H17N5O/c1-14-7-13(19)16-6-11-4-2-3-5-12(11)8-18-10-15-9-17-18/h2-5,9-10,14H,6-8H2,1H3,(H,16,19). The molecule has 1 aromatic heterocycles. The van der Waals surface area contributed by atoms with Gasteiger partial charge in [-0.2, -0.15) is 5.10 Å². The molecule has 0 spiro atoms. The third-order valence-electron chi connectivity index (χ3n) is 2.73. The molecule has 0 aliphatic heterocycles. The van der Waals surface area contributed by atoms with Gasteiger partial charge in [0.2, 0.25) is 5.91 Å². The summed E-state index contributed by atoms with van der Waals surface area (Å²) in [6, 6.07) is 7.97. The van der Waals surface area contributed by atoms with E-state index in [-0.39, 0.29) is 5.91 Å². The van der Waals surface area contributed by atoms with E-state index in [1.807, 2.05) is 24.3 Å². The Bertz CT molecular complexity index is 524. The van der Waals surface area contributed by atoms with E-state index in [2.05, 4.69) is 20.7 Å². The highest BCUT2D eigenvalue weighted by molar-refractivity contribution is 5.77. The average Bonchev–Trinajstić information content (AvgIpc) is 2.91. The molecule has 0 saturated heterocycles. The molecule has 0 saturated carbocycles. The van der Waals surface area contributed by atoms with Crippen molar-refractivity contribution in [2.24, 2.45) is 0 Å². The van der Waals surface area contributed by atoms with Crippen LogP contribution in [0.4, 0.5) is 0 Å². The predicted octanol–water partition coefficient (Wildman–Crippen LogP) is 0.162. The Morgan fingerprint density at radius 3 is 2.79 bits per heavy atom. The number of aromatic nitrogens is 3. The zero-order chi connectivity index (χ0) is 13.5. The van der Waals surface area contributed by atoms with Crippen molar-refractivity contribution in [2.45, 2.75) is 13.1 Å². The van der Waals surface area contributed by atoms with Crippen molar-refractivity contribution in [2.75, 3.05) is 13.6 Å². The van der Waals surface area contributed by atoms with Crippen LogP contribution in [0.3, 0.4) is 0 Å². The highest BCUT2D eigenvalue weighted by Crippen LogP contribution is 2.09. The quantitative estimate of drug-likeness (QED) is 0.775. The smallest absolute Gasteiger partial charge is 0.234 e. The fourth-order valence-corrected chi connectivity index (χ4v) is 1.79. The second-order valence-electron chi connectivity index (χ2n) is 4.17. The van der Waals surface area contributed by atoms with Crippen molar-refractivity contribution in [1.29, 1.82) is 0 Å². The number of likely N-dealkylation sites (N-methyl/N-ethyl adjacent to an activating group) is 1. The van der Waals surface area contributed by atoms with Gasteiger partial charge in [0.1, 0.15) is 12.7 Å². The van der Waals surface area contributed by atoms with Gasteiger partial charge in [0.05, 0.1) is 13.1 Å². The second-order valence-corrected chi connectivity index (χ2v) is 4.17. The fourth-order valence-electron chi connectivity index (χ4n) is 1.79. The molecule has 0 fully saturated rings. The van der Waals surface area contributed by atoms with E-state index in [1.54, 1.807) is 18.1 Å². The summed E-state index contributed by atoms with van der Waals surface area (Å²) >= 11 is 0. The molecule has 2 N–H and O–H groups in total. The molecule has 6 nitrogen and oxygen atoms in total. The van der Waals surface area contributed by atoms with Gasteiger partial charge in [0.15, 0.2) is 0 Å². The summed E-state index contributed by atoms with van der Waals surface area (Å²) in [5.41, 5.74) is 2.21. The lowest BCUT2D eigenvalue weighted by Crippen LogP contribution is -2.31. The van der Waals surface area contributed by atoms with E-state index in [1.165, 1.54) is 6.33 Å². The van der Waals surface area contributed by atoms with Gasteiger partial charge in [0, 0.05) is 6.54 Å². The van der Waals surface area contributed by atoms with Gasteiger partial charge in [-0.3, -0.25) is 4.79 Å². The molecule has 0 aliphatic rings. The van der Waals surface area contributed by atoms with E-state index in [9.17, 15) is 4.79 Å². The van der Waals surface area contributed by atoms with Crippen molar-refractivity contribution in [3.05, 3.63) is 48.0 Å². The number of carbonyl (C=O) groups excluding carboxylic acids is 1. The molecule has 1 heterocycles. The Balaban J connectivity index is 2.02. The van der Waals surface area contributed by atoms with Crippen molar-refractivity contribution in [3.63, 3.8) is 0 Å². The Kier molecular flexibility index (Phi) is 4.63. The third kappa shape index (κ3) is 3.89. The lowest BCUT2D eigenvalue weighted by Gasteiger charge is -2.10. The number of hydrogen-bond acceptors (Lipinski definition) is 4. The van der Waals surface area contributed by atoms with Crippen LogP contribution in [0.5, 0.6) is 0 Å². The van der Waals surface area contributed by atoms with Gasteiger partial charge in [-0.1, -0.05) is 24.3 Å². The maximum absolute atomic E-state index is 11.4. The van der Waals surface area contributed by atoms with Gasteiger partial charge in [-0.25, -0.2) is 9.67 Å². The molecule has 0 atom stereocenters. The van der Waals surface area contributed by atoms with Gasteiger partial charge in [0.25, 0.3) is 0 Å². The van der Waals surface area contributed by atoms with Crippen molar-refractivity contribution in [3.8, 4) is 0 Å². The van der Waals surface area contributed by atoms with E-state index in [0.717, 1.165) is 11.1 Å². The Morgan fingerprint density at radius 2 is 2.11 bits per heavy atom. The maximum Gasteiger partial charge on any atom is 0.234 e. The molecule has 1 amide bonds. The first-order chi connectivity index (χ1) is 9.29. The van der Waals surface area contributed by atoms with Crippen LogP contribution in [0.25, 0.3) is 0 Å². The molecule has 19 heavy (non-hydrogen) atoms. The Hall–Kier alpha value is -2.21. The summed E-state index contributed by atoms with van der Waals surface area (Å²) in [5.74, 6) is -0.0157. The lowest BCUT2D eigenvalue weighted by molar-refractivity contribution is -0.120. The largest absolute Gasteiger partial charge is 0.351 e. The van der Waals surface area contributed by atoms with Crippen LogP contribution in [0.15, 0.2) is 36.9 Å². The zero-order valence-corrected chi connectivity index (χ0v) is 10.8. The number of hydrogen-bond donors (Lipinski definition) is 2. The molecule has 0 aliphatic carbocycles. The summed E-state index contributed by atoms with van der Waals surface area (Å²) in [6.07, 6.45) is 3.19. The van der Waals surface area contributed by atoms with E-state index >= 15 is 0 Å². The fraction of sp³-hybridized carbons (Fsp3) is 0.308. The van der Waals surface area contributed by atoms with Crippen LogP contribution < -0.4 is 10.6 Å². The highest BCUT2D eigenvalue weighted by Gasteiger charge is 2.05. The van der Waals surface area contributed by atoms with Crippen LogP contribution in [-0.4, -0.2) is 34.3 Å². The Morgan fingerprint density at radius 1 is 1.32 bits per heavy atom. The summed E-state index contributed by atoms with van der Waals surface area (Å²) in [5, 5.41) is 9.78. The molecule has 0 bridgehead atoms. The molecular formula is C13H17N5O. The van der Waals surface area contributed by atoms with Crippen molar-refractivity contribution in [1.82, 2.24) is 25.4 Å². The van der Waals surface area contributed by atoms with Crippen LogP contribution in [0.2, 0.25) is 0 Å². The van der Waals surface area contributed by atoms with E-state index in [0.29, 0.717) is 19.6 Å². The van der Waals surface area contributed by atoms with Crippen molar-refractivity contribution >= 4 is 5.91 Å². The minimum Gasteiger partial charge on any atom is -0.351 e. The zero-order valence-electron chi connectivity index (χ0n) is 10.8. The number of amides is 1. The van der Waals surface area contributed by atoms with Crippen LogP contribution in [-0.2, 0) is 17.9 Å². The van der Waals surface area contributed by atoms with Crippen molar-refractivity contribution < 1.29 is 4.79 Å². The first-order valence-electron chi connectivity index (χ1n) is 6.10. The topological polar surface area (TPSA) is 71.8 Å². The summed E-state index contributed by atoms with van der Waals surface area (Å²) in [4.78, 5) is 15.4. The van der Waals surface area contributed by atoms with Crippen LogP contribution in [0, 0.1) is 0 Å². The maximum atomic E-state index is 11.4. The summed E-state index contributed by atoms with van der Waals surface area (Å²) < 4.78 is 1.76. The monoisotopic (exact) mass is 259 g/mol. The number of rotatable bonds is 6. The molecule has 2 rings (SSSR count). The summed E-state index contributed by atoms with van der Waals surface area (Å²) in [6.45, 7) is 1.49. The Labute approximate surface area is 111 Å². The molecule has 6 heteroatoms. The predicted molar refractivity (Wildman–Crippen MR) is 71.3 cm³/mol. The van der Waals surface area contributed by atoms with E-state index < -0.39 is 0 Å². The minimum absolute atomic E-state index is 0.0157.